The Balaban J connectivity index is 2.13. The number of nitrogens with zero attached hydrogens (tertiary/aromatic N) is 1. The maximum atomic E-state index is 12.0. The molecule has 19 heavy (non-hydrogen) atoms. The number of likely N-dealkylation sites (tertiary alicyclic amines) is 1. The predicted molar refractivity (Wildman–Crippen MR) is 66.7 cm³/mol. The number of rotatable bonds is 2. The molecule has 2 unspecified atom stereocenters. The maximum absolute atomic E-state index is 12.0. The molecule has 2 fully saturated rings. The Bertz CT molecular complexity index is 398. The van der Waals surface area contributed by atoms with Crippen LogP contribution in [0, 0.1) is 5.92 Å². The fourth-order valence-corrected chi connectivity index (χ4v) is 2.56. The van der Waals surface area contributed by atoms with Crippen molar-refractivity contribution >= 4 is 12.1 Å². The highest BCUT2D eigenvalue weighted by atomic mass is 16.6. The van der Waals surface area contributed by atoms with Gasteiger partial charge in [0.05, 0.1) is 12.1 Å². The van der Waals surface area contributed by atoms with Crippen LogP contribution in [0.15, 0.2) is 0 Å². The summed E-state index contributed by atoms with van der Waals surface area (Å²) in [7, 11) is 0. The lowest BCUT2D eigenvalue weighted by molar-refractivity contribution is -0.142. The van der Waals surface area contributed by atoms with Crippen LogP contribution in [-0.4, -0.2) is 51.0 Å². The van der Waals surface area contributed by atoms with Gasteiger partial charge < -0.3 is 14.9 Å². The van der Waals surface area contributed by atoms with E-state index in [4.69, 9.17) is 4.74 Å². The molecule has 0 bridgehead atoms. The van der Waals surface area contributed by atoms with Crippen LogP contribution in [0.5, 0.6) is 0 Å². The average molecular weight is 271 g/mol. The van der Waals surface area contributed by atoms with Crippen LogP contribution in [0.25, 0.3) is 0 Å². The van der Waals surface area contributed by atoms with Crippen molar-refractivity contribution in [2.45, 2.75) is 57.3 Å². The number of hydrogen-bond acceptors (Lipinski definition) is 4. The molecule has 1 aliphatic heterocycles. The number of ether oxygens (including phenoxy) is 1. The van der Waals surface area contributed by atoms with Crippen molar-refractivity contribution in [3.05, 3.63) is 0 Å². The molecular weight excluding hydrogens is 250 g/mol. The number of carbonyl (C=O) groups is 2. The minimum Gasteiger partial charge on any atom is -0.480 e. The number of carboxylic acid groups (broad SMARTS) is 1. The minimum absolute atomic E-state index is 0.0452. The number of β-amino-alcohol motifs (C(OH)–C–C–N with tert-alkyl or cyclic N) is 1. The van der Waals surface area contributed by atoms with Crippen LogP contribution in [-0.2, 0) is 9.53 Å². The standard InChI is InChI=1S/C13H21NO5/c1-12(2,3)19-11(17)14-7-13(18,8-4-5-8)6-9(14)10(15)16/h8-9,18H,4-7H2,1-3H3,(H,15,16). The third kappa shape index (κ3) is 3.00. The molecule has 1 heterocycles. The molecular formula is C13H21NO5. The van der Waals surface area contributed by atoms with Gasteiger partial charge >= 0.3 is 12.1 Å². The number of amides is 1. The first-order chi connectivity index (χ1) is 8.62. The fourth-order valence-electron chi connectivity index (χ4n) is 2.56. The molecule has 0 spiro atoms. The highest BCUT2D eigenvalue weighted by Gasteiger charge is 2.55. The summed E-state index contributed by atoms with van der Waals surface area (Å²) in [4.78, 5) is 24.4. The third-order valence-electron chi connectivity index (χ3n) is 3.62. The van der Waals surface area contributed by atoms with Crippen LogP contribution in [0.4, 0.5) is 4.79 Å². The Labute approximate surface area is 112 Å². The van der Waals surface area contributed by atoms with Crippen molar-refractivity contribution in [3.63, 3.8) is 0 Å². The molecule has 1 saturated carbocycles. The molecule has 6 heteroatoms. The lowest BCUT2D eigenvalue weighted by Crippen LogP contribution is -2.44. The molecule has 0 radical (unpaired) electrons. The fraction of sp³-hybridized carbons (Fsp3) is 0.846. The van der Waals surface area contributed by atoms with E-state index in [1.807, 2.05) is 0 Å². The lowest BCUT2D eigenvalue weighted by atomic mass is 9.95. The Morgan fingerprint density at radius 2 is 1.89 bits per heavy atom. The van der Waals surface area contributed by atoms with Gasteiger partial charge in [0.1, 0.15) is 11.6 Å². The number of carboxylic acids is 1. The van der Waals surface area contributed by atoms with Gasteiger partial charge in [0, 0.05) is 6.42 Å². The van der Waals surface area contributed by atoms with Gasteiger partial charge in [-0.2, -0.15) is 0 Å². The Hall–Kier alpha value is -1.30. The zero-order valence-electron chi connectivity index (χ0n) is 11.5. The second kappa shape index (κ2) is 4.37. The van der Waals surface area contributed by atoms with Crippen LogP contribution < -0.4 is 0 Å². The van der Waals surface area contributed by atoms with E-state index >= 15 is 0 Å². The number of aliphatic hydroxyl groups is 1. The van der Waals surface area contributed by atoms with Crippen molar-refractivity contribution in [2.75, 3.05) is 6.54 Å². The van der Waals surface area contributed by atoms with Crippen LogP contribution in [0.2, 0.25) is 0 Å². The molecule has 0 aromatic rings. The van der Waals surface area contributed by atoms with Crippen molar-refractivity contribution in [2.24, 2.45) is 5.92 Å². The van der Waals surface area contributed by atoms with Gasteiger partial charge in [0.25, 0.3) is 0 Å². The summed E-state index contributed by atoms with van der Waals surface area (Å²) in [5.74, 6) is -0.982. The smallest absolute Gasteiger partial charge is 0.411 e. The van der Waals surface area contributed by atoms with Gasteiger partial charge in [-0.25, -0.2) is 9.59 Å². The Morgan fingerprint density at radius 3 is 2.32 bits per heavy atom. The van der Waals surface area contributed by atoms with E-state index in [1.165, 1.54) is 0 Å². The zero-order valence-corrected chi connectivity index (χ0v) is 11.5. The van der Waals surface area contributed by atoms with E-state index in [1.54, 1.807) is 20.8 Å². The van der Waals surface area contributed by atoms with Crippen molar-refractivity contribution in [1.29, 1.82) is 0 Å². The summed E-state index contributed by atoms with van der Waals surface area (Å²) in [5.41, 5.74) is -1.75. The minimum atomic E-state index is -1.09. The second-order valence-corrected chi connectivity index (χ2v) is 6.54. The number of aliphatic carboxylic acids is 1. The highest BCUT2D eigenvalue weighted by Crippen LogP contribution is 2.46. The van der Waals surface area contributed by atoms with Gasteiger partial charge in [-0.15, -0.1) is 0 Å². The normalized spacial score (nSPS) is 31.4. The first-order valence-corrected chi connectivity index (χ1v) is 6.57. The van der Waals surface area contributed by atoms with E-state index < -0.39 is 29.3 Å². The Morgan fingerprint density at radius 1 is 1.32 bits per heavy atom. The highest BCUT2D eigenvalue weighted by molar-refractivity contribution is 5.81. The lowest BCUT2D eigenvalue weighted by Gasteiger charge is -2.27. The van der Waals surface area contributed by atoms with E-state index in [0.717, 1.165) is 17.7 Å². The summed E-state index contributed by atoms with van der Waals surface area (Å²) in [6, 6.07) is -1.000. The van der Waals surface area contributed by atoms with E-state index in [9.17, 15) is 19.8 Å². The molecule has 1 amide bonds. The van der Waals surface area contributed by atoms with Crippen molar-refractivity contribution < 1.29 is 24.5 Å². The summed E-state index contributed by atoms with van der Waals surface area (Å²) >= 11 is 0. The third-order valence-corrected chi connectivity index (χ3v) is 3.62. The van der Waals surface area contributed by atoms with E-state index in [0.29, 0.717) is 0 Å². The number of hydrogen-bond donors (Lipinski definition) is 2. The number of carbonyl (C=O) groups excluding carboxylic acids is 1. The first-order valence-electron chi connectivity index (χ1n) is 6.57. The van der Waals surface area contributed by atoms with Crippen LogP contribution >= 0.6 is 0 Å². The molecule has 2 aliphatic rings. The SMILES string of the molecule is CC(C)(C)OC(=O)N1CC(O)(C2CC2)CC1C(=O)O. The molecule has 1 aliphatic carbocycles. The predicted octanol–water partition coefficient (Wildman–Crippen LogP) is 1.22. The second-order valence-electron chi connectivity index (χ2n) is 6.54. The molecule has 2 rings (SSSR count). The quantitative estimate of drug-likeness (QED) is 0.788. The molecule has 6 nitrogen and oxygen atoms in total. The molecule has 0 aromatic heterocycles. The Kier molecular flexibility index (Phi) is 3.24. The molecule has 2 N–H and O–H groups in total. The van der Waals surface area contributed by atoms with Crippen molar-refractivity contribution in [3.8, 4) is 0 Å². The molecule has 108 valence electrons. The topological polar surface area (TPSA) is 87.1 Å². The summed E-state index contributed by atoms with van der Waals surface area (Å²) in [6.45, 7) is 5.22. The molecule has 2 atom stereocenters. The van der Waals surface area contributed by atoms with Gasteiger partial charge in [0.15, 0.2) is 0 Å². The summed E-state index contributed by atoms with van der Waals surface area (Å²) in [5, 5.41) is 19.7. The maximum Gasteiger partial charge on any atom is 0.411 e. The van der Waals surface area contributed by atoms with Gasteiger partial charge in [-0.1, -0.05) is 0 Å². The van der Waals surface area contributed by atoms with Crippen LogP contribution in [0.3, 0.4) is 0 Å². The van der Waals surface area contributed by atoms with Gasteiger partial charge in [-0.05, 0) is 39.5 Å². The largest absolute Gasteiger partial charge is 0.480 e. The molecule has 0 aromatic carbocycles. The van der Waals surface area contributed by atoms with Gasteiger partial charge in [0.2, 0.25) is 0 Å². The summed E-state index contributed by atoms with van der Waals surface area (Å²) < 4.78 is 5.21. The monoisotopic (exact) mass is 271 g/mol. The van der Waals surface area contributed by atoms with Crippen LogP contribution in [0.1, 0.15) is 40.0 Å². The summed E-state index contributed by atoms with van der Waals surface area (Å²) in [6.07, 6.45) is 1.21. The molecule has 1 saturated heterocycles. The zero-order chi connectivity index (χ0) is 14.4. The van der Waals surface area contributed by atoms with E-state index in [-0.39, 0.29) is 18.9 Å². The average Bonchev–Trinajstić information content (AvgIpc) is 3.00. The first kappa shape index (κ1) is 14.1. The van der Waals surface area contributed by atoms with Gasteiger partial charge in [-0.3, -0.25) is 4.90 Å². The van der Waals surface area contributed by atoms with Crippen molar-refractivity contribution in [1.82, 2.24) is 4.90 Å². The van der Waals surface area contributed by atoms with E-state index in [2.05, 4.69) is 0 Å².